The number of anilines is 1. The zero-order chi connectivity index (χ0) is 10.5. The van der Waals surface area contributed by atoms with Crippen molar-refractivity contribution in [2.24, 2.45) is 0 Å². The van der Waals surface area contributed by atoms with Crippen molar-refractivity contribution in [2.45, 2.75) is 19.6 Å². The maximum atomic E-state index is 5.36. The molecule has 82 valence electrons. The summed E-state index contributed by atoms with van der Waals surface area (Å²) in [6.07, 6.45) is 0.949. The minimum Gasteiger partial charge on any atom is -0.380 e. The molecule has 0 unspecified atom stereocenters. The predicted octanol–water partition coefficient (Wildman–Crippen LogP) is 2.03. The van der Waals surface area contributed by atoms with Crippen molar-refractivity contribution in [1.29, 1.82) is 0 Å². The van der Waals surface area contributed by atoms with Crippen LogP contribution in [-0.2, 0) is 15.9 Å². The molecule has 0 aliphatic carbocycles. The van der Waals surface area contributed by atoms with Crippen molar-refractivity contribution >= 4 is 5.69 Å². The van der Waals surface area contributed by atoms with Gasteiger partial charge in [-0.25, -0.2) is 0 Å². The monoisotopic (exact) mass is 207 g/mol. The Kier molecular flexibility index (Phi) is 3.59. The highest BCUT2D eigenvalue weighted by molar-refractivity contribution is 5.51. The van der Waals surface area contributed by atoms with E-state index in [4.69, 9.17) is 9.47 Å². The number of hydrogen-bond donors (Lipinski definition) is 1. The Labute approximate surface area is 90.4 Å². The number of aryl methyl sites for hydroxylation is 1. The third kappa shape index (κ3) is 2.70. The van der Waals surface area contributed by atoms with Crippen LogP contribution in [0.25, 0.3) is 0 Å². The van der Waals surface area contributed by atoms with Gasteiger partial charge in [-0.15, -0.1) is 0 Å². The Morgan fingerprint density at radius 1 is 1.27 bits per heavy atom. The van der Waals surface area contributed by atoms with E-state index in [0.717, 1.165) is 13.0 Å². The minimum absolute atomic E-state index is 0.0880. The third-order valence-corrected chi connectivity index (χ3v) is 2.55. The Hall–Kier alpha value is -1.06. The van der Waals surface area contributed by atoms with E-state index in [9.17, 15) is 0 Å². The first-order valence-electron chi connectivity index (χ1n) is 5.45. The summed E-state index contributed by atoms with van der Waals surface area (Å²) in [5.41, 5.74) is 2.51. The van der Waals surface area contributed by atoms with Crippen LogP contribution in [-0.4, -0.2) is 26.0 Å². The van der Waals surface area contributed by atoms with Gasteiger partial charge in [0.1, 0.15) is 0 Å². The van der Waals surface area contributed by atoms with Gasteiger partial charge in [0.25, 0.3) is 0 Å². The second-order valence-electron chi connectivity index (χ2n) is 3.56. The number of para-hydroxylation sites is 1. The molecule has 1 saturated heterocycles. The first-order chi connectivity index (χ1) is 7.40. The molecule has 3 heteroatoms. The van der Waals surface area contributed by atoms with Gasteiger partial charge in [0.15, 0.2) is 6.29 Å². The van der Waals surface area contributed by atoms with Crippen LogP contribution in [0.1, 0.15) is 12.5 Å². The number of rotatable bonds is 4. The summed E-state index contributed by atoms with van der Waals surface area (Å²) in [5, 5.41) is 3.36. The highest BCUT2D eigenvalue weighted by Crippen LogP contribution is 2.16. The summed E-state index contributed by atoms with van der Waals surface area (Å²) in [6.45, 7) is 4.30. The molecule has 1 aliphatic rings. The summed E-state index contributed by atoms with van der Waals surface area (Å²) in [7, 11) is 0. The molecule has 0 saturated carbocycles. The third-order valence-electron chi connectivity index (χ3n) is 2.55. The Morgan fingerprint density at radius 3 is 2.73 bits per heavy atom. The van der Waals surface area contributed by atoms with E-state index < -0.39 is 0 Å². The molecule has 15 heavy (non-hydrogen) atoms. The van der Waals surface area contributed by atoms with Gasteiger partial charge in [-0.1, -0.05) is 25.1 Å². The van der Waals surface area contributed by atoms with Crippen LogP contribution in [0, 0.1) is 0 Å². The van der Waals surface area contributed by atoms with Crippen molar-refractivity contribution in [2.75, 3.05) is 25.1 Å². The van der Waals surface area contributed by atoms with Crippen LogP contribution in [0.3, 0.4) is 0 Å². The second-order valence-corrected chi connectivity index (χ2v) is 3.56. The molecule has 0 atom stereocenters. The predicted molar refractivity (Wildman–Crippen MR) is 60.0 cm³/mol. The molecule has 1 aromatic carbocycles. The largest absolute Gasteiger partial charge is 0.380 e. The smallest absolute Gasteiger partial charge is 0.174 e. The lowest BCUT2D eigenvalue weighted by Gasteiger charge is -2.13. The first kappa shape index (κ1) is 10.5. The number of ether oxygens (including phenoxy) is 2. The van der Waals surface area contributed by atoms with Crippen molar-refractivity contribution in [1.82, 2.24) is 0 Å². The molecule has 0 aromatic heterocycles. The van der Waals surface area contributed by atoms with Crippen molar-refractivity contribution in [3.05, 3.63) is 29.8 Å². The standard InChI is InChI=1S/C12H17NO2/c1-2-10-5-3-4-6-11(10)13-9-12-14-7-8-15-12/h3-6,12-13H,2,7-9H2,1H3. The van der Waals surface area contributed by atoms with Crippen LogP contribution >= 0.6 is 0 Å². The van der Waals surface area contributed by atoms with Gasteiger partial charge in [-0.05, 0) is 18.1 Å². The summed E-state index contributed by atoms with van der Waals surface area (Å²) in [4.78, 5) is 0. The van der Waals surface area contributed by atoms with Crippen LogP contribution in [0.5, 0.6) is 0 Å². The zero-order valence-corrected chi connectivity index (χ0v) is 9.03. The summed E-state index contributed by atoms with van der Waals surface area (Å²) in [5.74, 6) is 0. The van der Waals surface area contributed by atoms with E-state index in [-0.39, 0.29) is 6.29 Å². The fraction of sp³-hybridized carbons (Fsp3) is 0.500. The quantitative estimate of drug-likeness (QED) is 0.819. The number of nitrogens with one attached hydrogen (secondary N) is 1. The van der Waals surface area contributed by atoms with Crippen molar-refractivity contribution in [3.8, 4) is 0 Å². The Balaban J connectivity index is 1.91. The summed E-state index contributed by atoms with van der Waals surface area (Å²) >= 11 is 0. The zero-order valence-electron chi connectivity index (χ0n) is 9.03. The summed E-state index contributed by atoms with van der Waals surface area (Å²) in [6, 6.07) is 8.33. The van der Waals surface area contributed by atoms with E-state index in [1.807, 2.05) is 6.07 Å². The van der Waals surface area contributed by atoms with E-state index in [1.54, 1.807) is 0 Å². The molecule has 3 nitrogen and oxygen atoms in total. The van der Waals surface area contributed by atoms with Gasteiger partial charge in [-0.3, -0.25) is 0 Å². The van der Waals surface area contributed by atoms with Crippen molar-refractivity contribution in [3.63, 3.8) is 0 Å². The SMILES string of the molecule is CCc1ccccc1NCC1OCCO1. The van der Waals surface area contributed by atoms with Crippen LogP contribution in [0.4, 0.5) is 5.69 Å². The molecule has 2 rings (SSSR count). The lowest BCUT2D eigenvalue weighted by atomic mass is 10.1. The lowest BCUT2D eigenvalue weighted by molar-refractivity contribution is -0.0299. The molecule has 1 fully saturated rings. The van der Waals surface area contributed by atoms with E-state index in [1.165, 1.54) is 11.3 Å². The summed E-state index contributed by atoms with van der Waals surface area (Å²) < 4.78 is 10.7. The van der Waals surface area contributed by atoms with E-state index in [0.29, 0.717) is 13.2 Å². The fourth-order valence-corrected chi connectivity index (χ4v) is 1.72. The van der Waals surface area contributed by atoms with Gasteiger partial charge in [-0.2, -0.15) is 0 Å². The maximum Gasteiger partial charge on any atom is 0.174 e. The molecule has 0 bridgehead atoms. The molecule has 0 radical (unpaired) electrons. The Bertz CT molecular complexity index is 308. The molecule has 0 amide bonds. The highest BCUT2D eigenvalue weighted by Gasteiger charge is 2.15. The molecule has 1 N–H and O–H groups in total. The molecule has 1 heterocycles. The fourth-order valence-electron chi connectivity index (χ4n) is 1.72. The van der Waals surface area contributed by atoms with Crippen LogP contribution in [0.2, 0.25) is 0 Å². The molecule has 0 spiro atoms. The topological polar surface area (TPSA) is 30.5 Å². The van der Waals surface area contributed by atoms with Crippen LogP contribution in [0.15, 0.2) is 24.3 Å². The lowest BCUT2D eigenvalue weighted by Crippen LogP contribution is -2.20. The molecular formula is C12H17NO2. The Morgan fingerprint density at radius 2 is 2.00 bits per heavy atom. The molecule has 1 aromatic rings. The molecular weight excluding hydrogens is 190 g/mol. The normalized spacial score (nSPS) is 16.9. The average molecular weight is 207 g/mol. The second kappa shape index (κ2) is 5.14. The first-order valence-corrected chi connectivity index (χ1v) is 5.45. The van der Waals surface area contributed by atoms with Gasteiger partial charge < -0.3 is 14.8 Å². The van der Waals surface area contributed by atoms with Crippen molar-refractivity contribution < 1.29 is 9.47 Å². The average Bonchev–Trinajstić information content (AvgIpc) is 2.79. The molecule has 1 aliphatic heterocycles. The van der Waals surface area contributed by atoms with E-state index >= 15 is 0 Å². The van der Waals surface area contributed by atoms with E-state index in [2.05, 4.69) is 30.4 Å². The number of benzene rings is 1. The number of hydrogen-bond acceptors (Lipinski definition) is 3. The van der Waals surface area contributed by atoms with Gasteiger partial charge in [0, 0.05) is 5.69 Å². The van der Waals surface area contributed by atoms with Gasteiger partial charge in [0.05, 0.1) is 19.8 Å². The highest BCUT2D eigenvalue weighted by atomic mass is 16.7. The maximum absolute atomic E-state index is 5.36. The minimum atomic E-state index is -0.0880. The van der Waals surface area contributed by atoms with Crippen LogP contribution < -0.4 is 5.32 Å². The van der Waals surface area contributed by atoms with Gasteiger partial charge >= 0.3 is 0 Å². The van der Waals surface area contributed by atoms with Gasteiger partial charge in [0.2, 0.25) is 0 Å².